The second-order valence-corrected chi connectivity index (χ2v) is 6.42. The molecular formula is C20H26N4O. The van der Waals surface area contributed by atoms with Crippen LogP contribution >= 0.6 is 0 Å². The maximum absolute atomic E-state index is 12.5. The Morgan fingerprint density at radius 3 is 2.44 bits per heavy atom. The number of carbonyl (C=O) groups excluding carboxylic acids is 1. The van der Waals surface area contributed by atoms with Gasteiger partial charge >= 0.3 is 0 Å². The Kier molecular flexibility index (Phi) is 5.34. The average molecular weight is 338 g/mol. The molecule has 3 rings (SSSR count). The van der Waals surface area contributed by atoms with Crippen LogP contribution in [0.1, 0.15) is 23.9 Å². The maximum Gasteiger partial charge on any atom is 0.246 e. The summed E-state index contributed by atoms with van der Waals surface area (Å²) in [5, 5.41) is 4.63. The van der Waals surface area contributed by atoms with E-state index in [0.717, 1.165) is 55.4 Å². The Labute approximate surface area is 149 Å². The van der Waals surface area contributed by atoms with Gasteiger partial charge in [0.2, 0.25) is 5.91 Å². The molecule has 0 bridgehead atoms. The Bertz CT molecular complexity index is 756. The first-order chi connectivity index (χ1) is 12.1. The van der Waals surface area contributed by atoms with Crippen molar-refractivity contribution in [3.63, 3.8) is 0 Å². The number of nitrogens with zero attached hydrogens (tertiary/aromatic N) is 4. The van der Waals surface area contributed by atoms with Crippen molar-refractivity contribution < 1.29 is 4.79 Å². The lowest BCUT2D eigenvalue weighted by Gasteiger charge is -2.33. The number of amides is 1. The lowest BCUT2D eigenvalue weighted by molar-refractivity contribution is -0.127. The van der Waals surface area contributed by atoms with Gasteiger partial charge in [-0.15, -0.1) is 0 Å². The molecule has 1 aromatic heterocycles. The zero-order valence-corrected chi connectivity index (χ0v) is 15.3. The zero-order chi connectivity index (χ0) is 17.8. The van der Waals surface area contributed by atoms with E-state index in [9.17, 15) is 4.79 Å². The van der Waals surface area contributed by atoms with Gasteiger partial charge in [-0.2, -0.15) is 5.10 Å². The predicted octanol–water partition coefficient (Wildman–Crippen LogP) is 2.67. The van der Waals surface area contributed by atoms with Crippen LogP contribution in [0, 0.1) is 13.8 Å². The Hall–Kier alpha value is -2.40. The molecule has 0 saturated carbocycles. The molecule has 0 spiro atoms. The molecule has 25 heavy (non-hydrogen) atoms. The first kappa shape index (κ1) is 17.4. The van der Waals surface area contributed by atoms with Crippen LogP contribution in [0.15, 0.2) is 36.4 Å². The van der Waals surface area contributed by atoms with Crippen LogP contribution in [-0.4, -0.2) is 58.2 Å². The number of aromatic nitrogens is 2. The van der Waals surface area contributed by atoms with Gasteiger partial charge in [-0.3, -0.25) is 4.79 Å². The summed E-state index contributed by atoms with van der Waals surface area (Å²) in [4.78, 5) is 16.8. The molecule has 0 atom stereocenters. The van der Waals surface area contributed by atoms with Crippen molar-refractivity contribution in [2.24, 2.45) is 0 Å². The van der Waals surface area contributed by atoms with Gasteiger partial charge in [0.15, 0.2) is 0 Å². The first-order valence-corrected chi connectivity index (χ1v) is 8.91. The van der Waals surface area contributed by atoms with Gasteiger partial charge in [-0.05, 0) is 38.6 Å². The number of likely N-dealkylation sites (N-methyl/N-ethyl adjacent to an activating group) is 1. The van der Waals surface area contributed by atoms with Crippen molar-refractivity contribution in [3.8, 4) is 5.69 Å². The van der Waals surface area contributed by atoms with Crippen LogP contribution in [0.3, 0.4) is 0 Å². The molecule has 0 radical (unpaired) electrons. The number of rotatable bonds is 4. The number of benzene rings is 1. The Balaban J connectivity index is 1.74. The van der Waals surface area contributed by atoms with E-state index in [1.807, 2.05) is 59.8 Å². The van der Waals surface area contributed by atoms with E-state index in [2.05, 4.69) is 16.9 Å². The monoisotopic (exact) mass is 338 g/mol. The molecule has 1 saturated heterocycles. The molecule has 0 N–H and O–H groups in total. The lowest BCUT2D eigenvalue weighted by atomic mass is 10.1. The average Bonchev–Trinajstić information content (AvgIpc) is 2.94. The van der Waals surface area contributed by atoms with Gasteiger partial charge < -0.3 is 9.80 Å². The van der Waals surface area contributed by atoms with Gasteiger partial charge in [0, 0.05) is 43.5 Å². The molecule has 2 aromatic rings. The zero-order valence-electron chi connectivity index (χ0n) is 15.3. The number of para-hydroxylation sites is 1. The van der Waals surface area contributed by atoms with E-state index in [1.165, 1.54) is 0 Å². The van der Waals surface area contributed by atoms with E-state index in [1.54, 1.807) is 6.08 Å². The molecule has 0 unspecified atom stereocenters. The molecule has 5 heteroatoms. The van der Waals surface area contributed by atoms with Crippen LogP contribution in [0.2, 0.25) is 0 Å². The fourth-order valence-electron chi connectivity index (χ4n) is 3.26. The summed E-state index contributed by atoms with van der Waals surface area (Å²) in [5.41, 5.74) is 4.03. The summed E-state index contributed by atoms with van der Waals surface area (Å²) in [5.74, 6) is 0.0852. The minimum atomic E-state index is 0.0852. The molecule has 132 valence electrons. The summed E-state index contributed by atoms with van der Waals surface area (Å²) < 4.78 is 1.93. The second-order valence-electron chi connectivity index (χ2n) is 6.42. The minimum absolute atomic E-state index is 0.0852. The normalized spacial score (nSPS) is 15.9. The first-order valence-electron chi connectivity index (χ1n) is 8.91. The van der Waals surface area contributed by atoms with Gasteiger partial charge in [-0.25, -0.2) is 4.68 Å². The van der Waals surface area contributed by atoms with Crippen molar-refractivity contribution in [2.75, 3.05) is 32.7 Å². The van der Waals surface area contributed by atoms with Crippen molar-refractivity contribution in [2.45, 2.75) is 20.8 Å². The molecule has 2 heterocycles. The van der Waals surface area contributed by atoms with E-state index >= 15 is 0 Å². The van der Waals surface area contributed by atoms with Gasteiger partial charge in [0.1, 0.15) is 0 Å². The number of piperazine rings is 1. The highest BCUT2D eigenvalue weighted by Crippen LogP contribution is 2.19. The van der Waals surface area contributed by atoms with Gasteiger partial charge in [0.05, 0.1) is 11.4 Å². The summed E-state index contributed by atoms with van der Waals surface area (Å²) in [6.07, 6.45) is 3.60. The summed E-state index contributed by atoms with van der Waals surface area (Å²) in [6.45, 7) is 10.8. The van der Waals surface area contributed by atoms with E-state index in [0.29, 0.717) is 0 Å². The highest BCUT2D eigenvalue weighted by molar-refractivity contribution is 5.92. The number of hydrogen-bond donors (Lipinski definition) is 0. The molecule has 1 aliphatic heterocycles. The summed E-state index contributed by atoms with van der Waals surface area (Å²) in [6, 6.07) is 10.1. The third-order valence-electron chi connectivity index (χ3n) is 4.87. The standard InChI is InChI=1S/C20H26N4O/c1-4-22-12-14-23(15-13-22)20(25)11-10-19-16(2)21-24(17(19)3)18-8-6-5-7-9-18/h5-11H,4,12-15H2,1-3H3. The maximum atomic E-state index is 12.5. The molecule has 1 fully saturated rings. The third kappa shape index (κ3) is 3.82. The molecular weight excluding hydrogens is 312 g/mol. The smallest absolute Gasteiger partial charge is 0.246 e. The topological polar surface area (TPSA) is 41.4 Å². The van der Waals surface area contributed by atoms with Crippen LogP contribution < -0.4 is 0 Å². The SMILES string of the molecule is CCN1CCN(C(=O)C=Cc2c(C)nn(-c3ccccc3)c2C)CC1. The number of hydrogen-bond acceptors (Lipinski definition) is 3. The van der Waals surface area contributed by atoms with E-state index in [4.69, 9.17) is 0 Å². The van der Waals surface area contributed by atoms with Crippen LogP contribution in [0.4, 0.5) is 0 Å². The summed E-state index contributed by atoms with van der Waals surface area (Å²) >= 11 is 0. The molecule has 5 nitrogen and oxygen atoms in total. The van der Waals surface area contributed by atoms with Crippen molar-refractivity contribution >= 4 is 12.0 Å². The second kappa shape index (κ2) is 7.66. The van der Waals surface area contributed by atoms with Crippen molar-refractivity contribution in [1.82, 2.24) is 19.6 Å². The highest BCUT2D eigenvalue weighted by atomic mass is 16.2. The predicted molar refractivity (Wildman–Crippen MR) is 101 cm³/mol. The molecule has 0 aliphatic carbocycles. The fraction of sp³-hybridized carbons (Fsp3) is 0.400. The summed E-state index contributed by atoms with van der Waals surface area (Å²) in [7, 11) is 0. The minimum Gasteiger partial charge on any atom is -0.337 e. The quantitative estimate of drug-likeness (QED) is 0.805. The van der Waals surface area contributed by atoms with Crippen molar-refractivity contribution in [1.29, 1.82) is 0 Å². The number of aryl methyl sites for hydroxylation is 1. The van der Waals surface area contributed by atoms with Crippen molar-refractivity contribution in [3.05, 3.63) is 53.4 Å². The van der Waals surface area contributed by atoms with E-state index in [-0.39, 0.29) is 5.91 Å². The number of carbonyl (C=O) groups is 1. The molecule has 1 aliphatic rings. The van der Waals surface area contributed by atoms with Gasteiger partial charge in [0.25, 0.3) is 0 Å². The van der Waals surface area contributed by atoms with Crippen LogP contribution in [0.25, 0.3) is 11.8 Å². The Morgan fingerprint density at radius 1 is 1.12 bits per heavy atom. The third-order valence-corrected chi connectivity index (χ3v) is 4.87. The van der Waals surface area contributed by atoms with Crippen LogP contribution in [0.5, 0.6) is 0 Å². The molecule has 1 amide bonds. The largest absolute Gasteiger partial charge is 0.337 e. The van der Waals surface area contributed by atoms with Gasteiger partial charge in [-0.1, -0.05) is 25.1 Å². The lowest BCUT2D eigenvalue weighted by Crippen LogP contribution is -2.48. The molecule has 1 aromatic carbocycles. The van der Waals surface area contributed by atoms with Crippen LogP contribution in [-0.2, 0) is 4.79 Å². The fourth-order valence-corrected chi connectivity index (χ4v) is 3.26. The van der Waals surface area contributed by atoms with E-state index < -0.39 is 0 Å². The Morgan fingerprint density at radius 2 is 1.80 bits per heavy atom. The highest BCUT2D eigenvalue weighted by Gasteiger charge is 2.18.